The van der Waals surface area contributed by atoms with Crippen molar-refractivity contribution in [2.45, 2.75) is 34.1 Å². The van der Waals surface area contributed by atoms with Gasteiger partial charge >= 0.3 is 11.9 Å². The molecule has 0 aromatic heterocycles. The molecule has 1 rings (SSSR count). The summed E-state index contributed by atoms with van der Waals surface area (Å²) in [6, 6.07) is 7.53. The van der Waals surface area contributed by atoms with E-state index in [4.69, 9.17) is 4.74 Å². The van der Waals surface area contributed by atoms with E-state index in [0.717, 1.165) is 11.1 Å². The number of carbonyl (C=O) groups is 2. The Labute approximate surface area is 119 Å². The molecule has 4 heteroatoms. The average molecular weight is 278 g/mol. The van der Waals surface area contributed by atoms with Crippen molar-refractivity contribution >= 4 is 11.9 Å². The van der Waals surface area contributed by atoms with Crippen LogP contribution < -0.4 is 0 Å². The van der Waals surface area contributed by atoms with Crippen LogP contribution in [0.2, 0.25) is 0 Å². The Balaban J connectivity index is 3.19. The van der Waals surface area contributed by atoms with Gasteiger partial charge in [0, 0.05) is 0 Å². The van der Waals surface area contributed by atoms with Crippen molar-refractivity contribution in [1.29, 1.82) is 0 Å². The number of aryl methyl sites for hydroxylation is 1. The van der Waals surface area contributed by atoms with Gasteiger partial charge < -0.3 is 9.84 Å². The second-order valence-corrected chi connectivity index (χ2v) is 5.31. The topological polar surface area (TPSA) is 63.6 Å². The van der Waals surface area contributed by atoms with Crippen LogP contribution in [0.3, 0.4) is 0 Å². The minimum atomic E-state index is -1.54. The Morgan fingerprint density at radius 3 is 2.20 bits per heavy atom. The molecule has 1 atom stereocenters. The number of carboxylic acid groups (broad SMARTS) is 1. The maximum absolute atomic E-state index is 12.2. The number of ether oxygens (including phenoxy) is 1. The third kappa shape index (κ3) is 3.18. The quantitative estimate of drug-likeness (QED) is 0.642. The van der Waals surface area contributed by atoms with E-state index >= 15 is 0 Å². The molecule has 0 aliphatic carbocycles. The van der Waals surface area contributed by atoms with E-state index < -0.39 is 17.4 Å². The molecule has 0 radical (unpaired) electrons. The highest BCUT2D eigenvalue weighted by Gasteiger charge is 2.50. The summed E-state index contributed by atoms with van der Waals surface area (Å²) in [5, 5.41) is 9.61. The van der Waals surface area contributed by atoms with E-state index in [1.54, 1.807) is 20.8 Å². The molecule has 0 heterocycles. The van der Waals surface area contributed by atoms with Crippen LogP contribution in [0, 0.1) is 18.3 Å². The molecule has 110 valence electrons. The standard InChI is InChI=1S/C16H22O4/c1-5-20-15(19)16(11(2)3,14(17)18)10-13-8-6-12(4)7-9-13/h6-9,11H,5,10H2,1-4H3,(H,17,18). The van der Waals surface area contributed by atoms with E-state index in [0.29, 0.717) is 0 Å². The van der Waals surface area contributed by atoms with Crippen molar-refractivity contribution in [3.63, 3.8) is 0 Å². The first-order chi connectivity index (χ1) is 9.34. The Kier molecular flexibility index (Phi) is 5.31. The molecule has 0 fully saturated rings. The van der Waals surface area contributed by atoms with Crippen LogP contribution in [0.1, 0.15) is 31.9 Å². The van der Waals surface area contributed by atoms with Gasteiger partial charge in [-0.25, -0.2) is 0 Å². The van der Waals surface area contributed by atoms with Crippen LogP contribution in [0.15, 0.2) is 24.3 Å². The third-order valence-corrected chi connectivity index (χ3v) is 3.61. The molecule has 1 N–H and O–H groups in total. The predicted molar refractivity (Wildman–Crippen MR) is 76.4 cm³/mol. The summed E-state index contributed by atoms with van der Waals surface area (Å²) in [6.45, 7) is 7.28. The Hall–Kier alpha value is -1.84. The van der Waals surface area contributed by atoms with Crippen molar-refractivity contribution in [3.8, 4) is 0 Å². The summed E-state index contributed by atoms with van der Waals surface area (Å²) in [5.41, 5.74) is 0.376. The van der Waals surface area contributed by atoms with E-state index in [9.17, 15) is 14.7 Å². The summed E-state index contributed by atoms with van der Waals surface area (Å²) in [6.07, 6.45) is 0.138. The summed E-state index contributed by atoms with van der Waals surface area (Å²) in [4.78, 5) is 24.0. The lowest BCUT2D eigenvalue weighted by molar-refractivity contribution is -0.172. The van der Waals surface area contributed by atoms with Crippen LogP contribution in [-0.2, 0) is 20.7 Å². The largest absolute Gasteiger partial charge is 0.480 e. The van der Waals surface area contributed by atoms with Crippen LogP contribution in [-0.4, -0.2) is 23.7 Å². The Bertz CT molecular complexity index is 476. The molecule has 0 saturated carbocycles. The van der Waals surface area contributed by atoms with Crippen LogP contribution in [0.5, 0.6) is 0 Å². The Morgan fingerprint density at radius 2 is 1.80 bits per heavy atom. The first kappa shape index (κ1) is 16.2. The molecular weight excluding hydrogens is 256 g/mol. The van der Waals surface area contributed by atoms with Gasteiger partial charge in [0.05, 0.1) is 6.61 Å². The zero-order valence-electron chi connectivity index (χ0n) is 12.5. The van der Waals surface area contributed by atoms with Gasteiger partial charge in [-0.15, -0.1) is 0 Å². The molecule has 20 heavy (non-hydrogen) atoms. The fraction of sp³-hybridized carbons (Fsp3) is 0.500. The summed E-state index contributed by atoms with van der Waals surface area (Å²) in [5.74, 6) is -2.16. The average Bonchev–Trinajstić information content (AvgIpc) is 2.37. The van der Waals surface area contributed by atoms with Crippen molar-refractivity contribution in [2.24, 2.45) is 11.3 Å². The molecule has 0 aliphatic rings. The van der Waals surface area contributed by atoms with Gasteiger partial charge in [0.1, 0.15) is 0 Å². The number of esters is 1. The van der Waals surface area contributed by atoms with Gasteiger partial charge in [-0.1, -0.05) is 43.7 Å². The molecule has 1 unspecified atom stereocenters. The maximum atomic E-state index is 12.2. The third-order valence-electron chi connectivity index (χ3n) is 3.61. The number of hydrogen-bond donors (Lipinski definition) is 1. The summed E-state index contributed by atoms with van der Waals surface area (Å²) in [7, 11) is 0. The molecule has 1 aromatic carbocycles. The highest BCUT2D eigenvalue weighted by molar-refractivity contribution is 5.99. The first-order valence-corrected chi connectivity index (χ1v) is 6.80. The molecule has 0 aliphatic heterocycles. The number of aliphatic carboxylic acids is 1. The number of rotatable bonds is 6. The molecule has 4 nitrogen and oxygen atoms in total. The molecular formula is C16H22O4. The van der Waals surface area contributed by atoms with Crippen LogP contribution in [0.4, 0.5) is 0 Å². The molecule has 0 spiro atoms. The lowest BCUT2D eigenvalue weighted by Crippen LogP contribution is -2.46. The molecule has 0 bridgehead atoms. The fourth-order valence-electron chi connectivity index (χ4n) is 2.21. The van der Waals surface area contributed by atoms with Crippen molar-refractivity contribution < 1.29 is 19.4 Å². The van der Waals surface area contributed by atoms with Gasteiger partial charge in [-0.05, 0) is 31.7 Å². The monoisotopic (exact) mass is 278 g/mol. The number of carbonyl (C=O) groups excluding carboxylic acids is 1. The molecule has 0 saturated heterocycles. The van der Waals surface area contributed by atoms with Crippen molar-refractivity contribution in [2.75, 3.05) is 6.61 Å². The van der Waals surface area contributed by atoms with E-state index in [1.807, 2.05) is 31.2 Å². The van der Waals surface area contributed by atoms with E-state index in [2.05, 4.69) is 0 Å². The van der Waals surface area contributed by atoms with Crippen LogP contribution >= 0.6 is 0 Å². The number of carboxylic acids is 1. The fourth-order valence-corrected chi connectivity index (χ4v) is 2.21. The zero-order chi connectivity index (χ0) is 15.3. The second-order valence-electron chi connectivity index (χ2n) is 5.31. The maximum Gasteiger partial charge on any atom is 0.324 e. The second kappa shape index (κ2) is 6.55. The van der Waals surface area contributed by atoms with E-state index in [-0.39, 0.29) is 18.9 Å². The number of hydrogen-bond acceptors (Lipinski definition) is 3. The smallest absolute Gasteiger partial charge is 0.324 e. The van der Waals surface area contributed by atoms with Crippen molar-refractivity contribution in [1.82, 2.24) is 0 Å². The summed E-state index contributed by atoms with van der Waals surface area (Å²) < 4.78 is 5.01. The van der Waals surface area contributed by atoms with Crippen LogP contribution in [0.25, 0.3) is 0 Å². The minimum Gasteiger partial charge on any atom is -0.480 e. The highest BCUT2D eigenvalue weighted by Crippen LogP contribution is 2.34. The first-order valence-electron chi connectivity index (χ1n) is 6.80. The zero-order valence-corrected chi connectivity index (χ0v) is 12.5. The Morgan fingerprint density at radius 1 is 1.25 bits per heavy atom. The number of benzene rings is 1. The van der Waals surface area contributed by atoms with Gasteiger partial charge in [-0.2, -0.15) is 0 Å². The van der Waals surface area contributed by atoms with Gasteiger partial charge in [0.25, 0.3) is 0 Å². The van der Waals surface area contributed by atoms with Gasteiger partial charge in [0.15, 0.2) is 5.41 Å². The normalized spacial score (nSPS) is 13.8. The van der Waals surface area contributed by atoms with E-state index in [1.165, 1.54) is 0 Å². The lowest BCUT2D eigenvalue weighted by Gasteiger charge is -2.31. The lowest BCUT2D eigenvalue weighted by atomic mass is 9.72. The van der Waals surface area contributed by atoms with Gasteiger partial charge in [-0.3, -0.25) is 9.59 Å². The minimum absolute atomic E-state index is 0.138. The molecule has 1 aromatic rings. The highest BCUT2D eigenvalue weighted by atomic mass is 16.5. The molecule has 0 amide bonds. The SMILES string of the molecule is CCOC(=O)C(Cc1ccc(C)cc1)(C(=O)O)C(C)C. The van der Waals surface area contributed by atoms with Gasteiger partial charge in [0.2, 0.25) is 0 Å². The summed E-state index contributed by atoms with van der Waals surface area (Å²) >= 11 is 0. The van der Waals surface area contributed by atoms with Crippen molar-refractivity contribution in [3.05, 3.63) is 35.4 Å². The predicted octanol–water partition coefficient (Wildman–Crippen LogP) is 2.83.